The number of methoxy groups -OCH3 is 1. The molecular formula is C15H16FN3O2. The third-order valence-corrected chi connectivity index (χ3v) is 3.83. The zero-order valence-electron chi connectivity index (χ0n) is 11.8. The molecule has 0 saturated carbocycles. The Kier molecular flexibility index (Phi) is 3.68. The third-order valence-electron chi connectivity index (χ3n) is 3.83. The van der Waals surface area contributed by atoms with Gasteiger partial charge < -0.3 is 9.64 Å². The molecule has 1 atom stereocenters. The topological polar surface area (TPSA) is 55.3 Å². The van der Waals surface area contributed by atoms with Crippen molar-refractivity contribution < 1.29 is 13.9 Å². The molecule has 0 bridgehead atoms. The second kappa shape index (κ2) is 5.63. The van der Waals surface area contributed by atoms with Crippen molar-refractivity contribution in [2.75, 3.05) is 25.1 Å². The third kappa shape index (κ3) is 2.66. The summed E-state index contributed by atoms with van der Waals surface area (Å²) in [5, 5.41) is 0.796. The Labute approximate surface area is 121 Å². The van der Waals surface area contributed by atoms with Crippen LogP contribution in [-0.4, -0.2) is 36.1 Å². The largest absolute Gasteiger partial charge is 0.469 e. The molecular weight excluding hydrogens is 273 g/mol. The van der Waals surface area contributed by atoms with Gasteiger partial charge in [0.25, 0.3) is 0 Å². The van der Waals surface area contributed by atoms with E-state index in [2.05, 4.69) is 9.97 Å². The van der Waals surface area contributed by atoms with Crippen LogP contribution in [0.5, 0.6) is 0 Å². The summed E-state index contributed by atoms with van der Waals surface area (Å²) < 4.78 is 18.1. The highest BCUT2D eigenvalue weighted by Crippen LogP contribution is 2.28. The molecule has 1 unspecified atom stereocenters. The van der Waals surface area contributed by atoms with Crippen molar-refractivity contribution >= 4 is 22.7 Å². The molecule has 0 spiro atoms. The van der Waals surface area contributed by atoms with Crippen molar-refractivity contribution in [3.05, 3.63) is 30.3 Å². The molecule has 2 aromatic rings. The van der Waals surface area contributed by atoms with E-state index in [1.165, 1.54) is 25.6 Å². The number of carbonyl (C=O) groups is 1. The van der Waals surface area contributed by atoms with Crippen LogP contribution in [0.3, 0.4) is 0 Å². The molecule has 0 radical (unpaired) electrons. The van der Waals surface area contributed by atoms with E-state index in [4.69, 9.17) is 4.74 Å². The predicted octanol–water partition coefficient (Wildman–Crippen LogP) is 2.16. The lowest BCUT2D eigenvalue weighted by Crippen LogP contribution is -2.39. The summed E-state index contributed by atoms with van der Waals surface area (Å²) in [6.07, 6.45) is 3.14. The van der Waals surface area contributed by atoms with Gasteiger partial charge in [-0.3, -0.25) is 4.79 Å². The molecule has 1 aromatic heterocycles. The van der Waals surface area contributed by atoms with Crippen LogP contribution in [0.4, 0.5) is 10.2 Å². The molecule has 3 rings (SSSR count). The predicted molar refractivity (Wildman–Crippen MR) is 76.4 cm³/mol. The molecule has 0 N–H and O–H groups in total. The monoisotopic (exact) mass is 289 g/mol. The van der Waals surface area contributed by atoms with Crippen molar-refractivity contribution in [1.82, 2.24) is 9.97 Å². The number of piperidine rings is 1. The number of anilines is 1. The Morgan fingerprint density at radius 3 is 3.10 bits per heavy atom. The smallest absolute Gasteiger partial charge is 0.310 e. The zero-order chi connectivity index (χ0) is 14.8. The molecule has 110 valence electrons. The highest BCUT2D eigenvalue weighted by atomic mass is 19.1. The van der Waals surface area contributed by atoms with Crippen LogP contribution < -0.4 is 4.90 Å². The quantitative estimate of drug-likeness (QED) is 0.793. The van der Waals surface area contributed by atoms with Crippen LogP contribution in [0.15, 0.2) is 24.5 Å². The highest BCUT2D eigenvalue weighted by molar-refractivity contribution is 5.89. The van der Waals surface area contributed by atoms with E-state index in [-0.39, 0.29) is 17.7 Å². The van der Waals surface area contributed by atoms with Gasteiger partial charge in [0.05, 0.1) is 18.5 Å². The van der Waals surface area contributed by atoms with Gasteiger partial charge in [-0.1, -0.05) is 0 Å². The molecule has 5 nitrogen and oxygen atoms in total. The Morgan fingerprint density at radius 1 is 1.43 bits per heavy atom. The second-order valence-electron chi connectivity index (χ2n) is 5.17. The summed E-state index contributed by atoms with van der Waals surface area (Å²) in [6.45, 7) is 1.38. The molecule has 2 heterocycles. The van der Waals surface area contributed by atoms with Crippen molar-refractivity contribution in [3.8, 4) is 0 Å². The number of carbonyl (C=O) groups excluding carboxylic acids is 1. The number of rotatable bonds is 2. The number of hydrogen-bond donors (Lipinski definition) is 0. The van der Waals surface area contributed by atoms with Crippen LogP contribution in [-0.2, 0) is 9.53 Å². The number of aromatic nitrogens is 2. The Bertz CT molecular complexity index is 677. The van der Waals surface area contributed by atoms with Crippen molar-refractivity contribution in [1.29, 1.82) is 0 Å². The maximum atomic E-state index is 13.3. The van der Waals surface area contributed by atoms with Crippen LogP contribution in [0.1, 0.15) is 12.8 Å². The number of hydrogen-bond acceptors (Lipinski definition) is 5. The lowest BCUT2D eigenvalue weighted by molar-refractivity contribution is -0.145. The van der Waals surface area contributed by atoms with Gasteiger partial charge in [-0.2, -0.15) is 0 Å². The average molecular weight is 289 g/mol. The van der Waals surface area contributed by atoms with Crippen LogP contribution in [0.2, 0.25) is 0 Å². The second-order valence-corrected chi connectivity index (χ2v) is 5.17. The van der Waals surface area contributed by atoms with E-state index in [9.17, 15) is 9.18 Å². The van der Waals surface area contributed by atoms with E-state index in [0.29, 0.717) is 12.1 Å². The fourth-order valence-corrected chi connectivity index (χ4v) is 2.80. The zero-order valence-corrected chi connectivity index (χ0v) is 11.8. The van der Waals surface area contributed by atoms with Gasteiger partial charge in [-0.05, 0) is 25.0 Å². The number of esters is 1. The SMILES string of the molecule is COC(=O)C1CCCN(c2ncnc3cc(F)ccc23)C1. The molecule has 1 saturated heterocycles. The molecule has 1 aliphatic heterocycles. The number of halogens is 1. The molecule has 0 amide bonds. The van der Waals surface area contributed by atoms with Gasteiger partial charge in [0.1, 0.15) is 18.0 Å². The highest BCUT2D eigenvalue weighted by Gasteiger charge is 2.28. The van der Waals surface area contributed by atoms with Crippen LogP contribution >= 0.6 is 0 Å². The number of nitrogens with zero attached hydrogens (tertiary/aromatic N) is 3. The maximum absolute atomic E-state index is 13.3. The summed E-state index contributed by atoms with van der Waals surface area (Å²) >= 11 is 0. The first-order valence-corrected chi connectivity index (χ1v) is 6.92. The van der Waals surface area contributed by atoms with Gasteiger partial charge in [0.2, 0.25) is 0 Å². The summed E-state index contributed by atoms with van der Waals surface area (Å²) in [7, 11) is 1.41. The fourth-order valence-electron chi connectivity index (χ4n) is 2.80. The van der Waals surface area contributed by atoms with Gasteiger partial charge >= 0.3 is 5.97 Å². The lowest BCUT2D eigenvalue weighted by atomic mass is 9.98. The Morgan fingerprint density at radius 2 is 2.29 bits per heavy atom. The number of fused-ring (bicyclic) bond motifs is 1. The van der Waals surface area contributed by atoms with Gasteiger partial charge in [-0.25, -0.2) is 14.4 Å². The average Bonchev–Trinajstić information content (AvgIpc) is 2.53. The van der Waals surface area contributed by atoms with Crippen LogP contribution in [0, 0.1) is 11.7 Å². The first-order valence-electron chi connectivity index (χ1n) is 6.92. The van der Waals surface area contributed by atoms with Gasteiger partial charge in [0.15, 0.2) is 0 Å². The maximum Gasteiger partial charge on any atom is 0.310 e. The molecule has 1 fully saturated rings. The molecule has 1 aliphatic rings. The molecule has 0 aliphatic carbocycles. The summed E-state index contributed by atoms with van der Waals surface area (Å²) in [5.74, 6) is 0.0881. The van der Waals surface area contributed by atoms with E-state index < -0.39 is 0 Å². The minimum absolute atomic E-state index is 0.144. The minimum atomic E-state index is -0.321. The van der Waals surface area contributed by atoms with E-state index in [0.717, 1.165) is 30.6 Å². The minimum Gasteiger partial charge on any atom is -0.469 e. The van der Waals surface area contributed by atoms with Crippen LogP contribution in [0.25, 0.3) is 10.9 Å². The van der Waals surface area contributed by atoms with E-state index in [1.54, 1.807) is 6.07 Å². The summed E-state index contributed by atoms with van der Waals surface area (Å²) in [5.41, 5.74) is 0.570. The van der Waals surface area contributed by atoms with Crippen molar-refractivity contribution in [2.45, 2.75) is 12.8 Å². The van der Waals surface area contributed by atoms with E-state index in [1.807, 2.05) is 4.90 Å². The summed E-state index contributed by atoms with van der Waals surface area (Å²) in [4.78, 5) is 22.2. The van der Waals surface area contributed by atoms with E-state index >= 15 is 0 Å². The number of benzene rings is 1. The van der Waals surface area contributed by atoms with Gasteiger partial charge in [0, 0.05) is 24.5 Å². The normalized spacial score (nSPS) is 18.8. The first kappa shape index (κ1) is 13.7. The Balaban J connectivity index is 1.94. The molecule has 6 heteroatoms. The van der Waals surface area contributed by atoms with Gasteiger partial charge in [-0.15, -0.1) is 0 Å². The Hall–Kier alpha value is -2.24. The fraction of sp³-hybridized carbons (Fsp3) is 0.400. The van der Waals surface area contributed by atoms with Crippen molar-refractivity contribution in [3.63, 3.8) is 0 Å². The summed E-state index contributed by atoms with van der Waals surface area (Å²) in [6, 6.07) is 4.47. The lowest BCUT2D eigenvalue weighted by Gasteiger charge is -2.32. The number of ether oxygens (including phenoxy) is 1. The standard InChI is InChI=1S/C15H16FN3O2/c1-21-15(20)10-3-2-6-19(8-10)14-12-5-4-11(16)7-13(12)17-9-18-14/h4-5,7,9-10H,2-3,6,8H2,1H3. The van der Waals surface area contributed by atoms with Crippen molar-refractivity contribution in [2.24, 2.45) is 5.92 Å². The first-order chi connectivity index (χ1) is 10.2. The molecule has 1 aromatic carbocycles. The molecule has 21 heavy (non-hydrogen) atoms.